The van der Waals surface area contributed by atoms with Crippen LogP contribution in [0.25, 0.3) is 0 Å². The zero-order valence-corrected chi connectivity index (χ0v) is 14.5. The van der Waals surface area contributed by atoms with Gasteiger partial charge in [-0.25, -0.2) is 17.5 Å². The molecule has 0 fully saturated rings. The van der Waals surface area contributed by atoms with Gasteiger partial charge in [-0.2, -0.15) is 0 Å². The number of hydrogen-bond acceptors (Lipinski definition) is 4. The van der Waals surface area contributed by atoms with Crippen LogP contribution in [-0.4, -0.2) is 39.4 Å². The summed E-state index contributed by atoms with van der Waals surface area (Å²) in [7, 11) is -3.73. The molecule has 3 N–H and O–H groups in total. The molecule has 0 bridgehead atoms. The SMILES string of the molecule is CCNC(=O)[C@H](C)NC(=O)CCCNS(=O)(=O)c1ccc(F)cc1. The van der Waals surface area contributed by atoms with Crippen LogP contribution in [0.4, 0.5) is 4.39 Å². The molecule has 2 amide bonds. The van der Waals surface area contributed by atoms with Crippen LogP contribution in [0.3, 0.4) is 0 Å². The van der Waals surface area contributed by atoms with Gasteiger partial charge in [-0.3, -0.25) is 9.59 Å². The van der Waals surface area contributed by atoms with Crippen LogP contribution >= 0.6 is 0 Å². The molecule has 1 aromatic carbocycles. The number of benzene rings is 1. The molecule has 1 atom stereocenters. The standard InChI is InChI=1S/C15H22FN3O4S/c1-3-17-15(21)11(2)19-14(20)5-4-10-18-24(22,23)13-8-6-12(16)7-9-13/h6-9,11,18H,3-5,10H2,1-2H3,(H,17,21)(H,19,20)/t11-/m0/s1. The van der Waals surface area contributed by atoms with E-state index in [0.717, 1.165) is 12.1 Å². The lowest BCUT2D eigenvalue weighted by Crippen LogP contribution is -2.44. The van der Waals surface area contributed by atoms with Crippen LogP contribution < -0.4 is 15.4 Å². The second kappa shape index (κ2) is 9.33. The van der Waals surface area contributed by atoms with Gasteiger partial charge < -0.3 is 10.6 Å². The molecule has 0 aromatic heterocycles. The summed E-state index contributed by atoms with van der Waals surface area (Å²) in [6.45, 7) is 3.88. The van der Waals surface area contributed by atoms with E-state index in [1.54, 1.807) is 13.8 Å². The van der Waals surface area contributed by atoms with Gasteiger partial charge in [0, 0.05) is 19.5 Å². The first kappa shape index (κ1) is 20.0. The molecule has 0 radical (unpaired) electrons. The molecule has 134 valence electrons. The minimum atomic E-state index is -3.73. The Morgan fingerprint density at radius 1 is 1.21 bits per heavy atom. The number of carbonyl (C=O) groups is 2. The third-order valence-electron chi connectivity index (χ3n) is 3.12. The smallest absolute Gasteiger partial charge is 0.242 e. The number of rotatable bonds is 9. The van der Waals surface area contributed by atoms with E-state index in [1.807, 2.05) is 0 Å². The van der Waals surface area contributed by atoms with Gasteiger partial charge in [0.15, 0.2) is 0 Å². The van der Waals surface area contributed by atoms with E-state index < -0.39 is 21.9 Å². The number of amides is 2. The average Bonchev–Trinajstić information content (AvgIpc) is 2.52. The van der Waals surface area contributed by atoms with Gasteiger partial charge in [0.1, 0.15) is 11.9 Å². The van der Waals surface area contributed by atoms with Crippen molar-refractivity contribution in [1.29, 1.82) is 0 Å². The summed E-state index contributed by atoms with van der Waals surface area (Å²) >= 11 is 0. The van der Waals surface area contributed by atoms with Gasteiger partial charge in [0.25, 0.3) is 0 Å². The van der Waals surface area contributed by atoms with E-state index in [0.29, 0.717) is 6.54 Å². The Hall–Kier alpha value is -2.00. The van der Waals surface area contributed by atoms with Crippen molar-refractivity contribution in [2.75, 3.05) is 13.1 Å². The van der Waals surface area contributed by atoms with Crippen LogP contribution in [0.15, 0.2) is 29.2 Å². The molecule has 24 heavy (non-hydrogen) atoms. The van der Waals surface area contributed by atoms with Gasteiger partial charge in [-0.1, -0.05) is 0 Å². The molecule has 0 unspecified atom stereocenters. The lowest BCUT2D eigenvalue weighted by Gasteiger charge is -2.13. The minimum Gasteiger partial charge on any atom is -0.355 e. The van der Waals surface area contributed by atoms with Crippen molar-refractivity contribution in [1.82, 2.24) is 15.4 Å². The van der Waals surface area contributed by atoms with Crippen LogP contribution in [0.2, 0.25) is 0 Å². The summed E-state index contributed by atoms with van der Waals surface area (Å²) in [4.78, 5) is 23.1. The maximum Gasteiger partial charge on any atom is 0.242 e. The minimum absolute atomic E-state index is 0.0433. The third kappa shape index (κ3) is 6.63. The predicted octanol–water partition coefficient (Wildman–Crippen LogP) is 0.525. The number of sulfonamides is 1. The summed E-state index contributed by atoms with van der Waals surface area (Å²) in [5, 5.41) is 5.12. The number of hydrogen-bond donors (Lipinski definition) is 3. The molecular formula is C15H22FN3O4S. The summed E-state index contributed by atoms with van der Waals surface area (Å²) in [6, 6.07) is 3.81. The molecule has 7 nitrogen and oxygen atoms in total. The van der Waals surface area contributed by atoms with E-state index in [2.05, 4.69) is 15.4 Å². The zero-order chi connectivity index (χ0) is 18.2. The number of halogens is 1. The van der Waals surface area contributed by atoms with Crippen molar-refractivity contribution in [2.24, 2.45) is 0 Å². The molecule has 0 spiro atoms. The van der Waals surface area contributed by atoms with Gasteiger partial charge in [0.05, 0.1) is 4.90 Å². The Balaban J connectivity index is 2.36. The second-order valence-corrected chi connectivity index (χ2v) is 6.91. The second-order valence-electron chi connectivity index (χ2n) is 5.14. The highest BCUT2D eigenvalue weighted by molar-refractivity contribution is 7.89. The van der Waals surface area contributed by atoms with Gasteiger partial charge in [-0.15, -0.1) is 0 Å². The third-order valence-corrected chi connectivity index (χ3v) is 4.60. The highest BCUT2D eigenvalue weighted by atomic mass is 32.2. The first-order valence-electron chi connectivity index (χ1n) is 7.58. The van der Waals surface area contributed by atoms with Crippen LogP contribution in [0, 0.1) is 5.82 Å². The Bertz CT molecular complexity index is 662. The van der Waals surface area contributed by atoms with E-state index in [1.165, 1.54) is 12.1 Å². The average molecular weight is 359 g/mol. The van der Waals surface area contributed by atoms with E-state index in [-0.39, 0.29) is 36.1 Å². The van der Waals surface area contributed by atoms with Gasteiger partial charge >= 0.3 is 0 Å². The van der Waals surface area contributed by atoms with Crippen molar-refractivity contribution in [3.63, 3.8) is 0 Å². The first-order chi connectivity index (χ1) is 11.3. The van der Waals surface area contributed by atoms with Crippen molar-refractivity contribution in [3.05, 3.63) is 30.1 Å². The molecule has 0 aliphatic carbocycles. The van der Waals surface area contributed by atoms with E-state index in [4.69, 9.17) is 0 Å². The Morgan fingerprint density at radius 3 is 2.42 bits per heavy atom. The maximum atomic E-state index is 12.8. The fraction of sp³-hybridized carbons (Fsp3) is 0.467. The Morgan fingerprint density at radius 2 is 1.83 bits per heavy atom. The summed E-state index contributed by atoms with van der Waals surface area (Å²) < 4.78 is 39.0. The molecular weight excluding hydrogens is 337 g/mol. The molecule has 0 heterocycles. The molecule has 1 rings (SSSR count). The summed E-state index contributed by atoms with van der Waals surface area (Å²) in [5.41, 5.74) is 0. The topological polar surface area (TPSA) is 104 Å². The summed E-state index contributed by atoms with van der Waals surface area (Å²) in [6.07, 6.45) is 0.351. The fourth-order valence-corrected chi connectivity index (χ4v) is 2.93. The summed E-state index contributed by atoms with van der Waals surface area (Å²) in [5.74, 6) is -1.13. The molecule has 0 aliphatic heterocycles. The predicted molar refractivity (Wildman–Crippen MR) is 87.1 cm³/mol. The lowest BCUT2D eigenvalue weighted by atomic mass is 10.2. The Labute approximate surface area is 141 Å². The molecule has 0 saturated heterocycles. The quantitative estimate of drug-likeness (QED) is 0.559. The van der Waals surface area contributed by atoms with Gasteiger partial charge in [0.2, 0.25) is 21.8 Å². The van der Waals surface area contributed by atoms with Crippen molar-refractivity contribution < 1.29 is 22.4 Å². The number of nitrogens with one attached hydrogen (secondary N) is 3. The first-order valence-corrected chi connectivity index (χ1v) is 9.07. The van der Waals surface area contributed by atoms with E-state index in [9.17, 15) is 22.4 Å². The zero-order valence-electron chi connectivity index (χ0n) is 13.6. The van der Waals surface area contributed by atoms with Crippen molar-refractivity contribution in [3.8, 4) is 0 Å². The highest BCUT2D eigenvalue weighted by Gasteiger charge is 2.16. The molecule has 0 saturated carbocycles. The van der Waals surface area contributed by atoms with E-state index >= 15 is 0 Å². The lowest BCUT2D eigenvalue weighted by molar-refractivity contribution is -0.128. The molecule has 1 aromatic rings. The maximum absolute atomic E-state index is 12.8. The molecule has 9 heteroatoms. The van der Waals surface area contributed by atoms with Crippen LogP contribution in [0.1, 0.15) is 26.7 Å². The normalized spacial score (nSPS) is 12.5. The molecule has 0 aliphatic rings. The van der Waals surface area contributed by atoms with Crippen molar-refractivity contribution >= 4 is 21.8 Å². The number of likely N-dealkylation sites (N-methyl/N-ethyl adjacent to an activating group) is 1. The number of carbonyl (C=O) groups excluding carboxylic acids is 2. The van der Waals surface area contributed by atoms with Crippen molar-refractivity contribution in [2.45, 2.75) is 37.6 Å². The fourth-order valence-electron chi connectivity index (χ4n) is 1.86. The highest BCUT2D eigenvalue weighted by Crippen LogP contribution is 2.09. The van der Waals surface area contributed by atoms with Crippen LogP contribution in [0.5, 0.6) is 0 Å². The van der Waals surface area contributed by atoms with Gasteiger partial charge in [-0.05, 0) is 44.5 Å². The monoisotopic (exact) mass is 359 g/mol. The van der Waals surface area contributed by atoms with Crippen LogP contribution in [-0.2, 0) is 19.6 Å². The largest absolute Gasteiger partial charge is 0.355 e. The Kier molecular flexibility index (Phi) is 7.80.